The predicted octanol–water partition coefficient (Wildman–Crippen LogP) is 1.65. The van der Waals surface area contributed by atoms with Gasteiger partial charge in [-0.2, -0.15) is 0 Å². The number of para-hydroxylation sites is 1. The van der Waals surface area contributed by atoms with E-state index < -0.39 is 0 Å². The fourth-order valence-electron chi connectivity index (χ4n) is 2.15. The van der Waals surface area contributed by atoms with Crippen LogP contribution in [0.2, 0.25) is 0 Å². The maximum atomic E-state index is 12.2. The van der Waals surface area contributed by atoms with Gasteiger partial charge in [0.05, 0.1) is 5.69 Å². The lowest BCUT2D eigenvalue weighted by Gasteiger charge is -2.36. The normalized spacial score (nSPS) is 17.0. The fourth-order valence-corrected chi connectivity index (χ4v) is 2.15. The van der Waals surface area contributed by atoms with E-state index >= 15 is 0 Å². The highest BCUT2D eigenvalue weighted by atomic mass is 16.2. The van der Waals surface area contributed by atoms with Crippen molar-refractivity contribution in [2.24, 2.45) is 11.7 Å². The third-order valence-corrected chi connectivity index (χ3v) is 3.21. The van der Waals surface area contributed by atoms with Crippen molar-refractivity contribution in [3.05, 3.63) is 29.8 Å². The van der Waals surface area contributed by atoms with Gasteiger partial charge >= 0.3 is 6.03 Å². The Morgan fingerprint density at radius 3 is 2.82 bits per heavy atom. The van der Waals surface area contributed by atoms with Gasteiger partial charge < -0.3 is 10.6 Å². The first-order chi connectivity index (χ1) is 8.13. The molecule has 1 atom stereocenters. The summed E-state index contributed by atoms with van der Waals surface area (Å²) in [7, 11) is 1.82. The van der Waals surface area contributed by atoms with Crippen LogP contribution in [0, 0.1) is 5.92 Å². The van der Waals surface area contributed by atoms with Gasteiger partial charge in [-0.25, -0.2) is 4.79 Å². The number of nitrogens with zero attached hydrogens (tertiary/aromatic N) is 2. The van der Waals surface area contributed by atoms with E-state index in [2.05, 4.69) is 13.0 Å². The van der Waals surface area contributed by atoms with Crippen LogP contribution in [0.25, 0.3) is 0 Å². The summed E-state index contributed by atoms with van der Waals surface area (Å²) in [4.78, 5) is 15.7. The molecule has 1 aromatic rings. The van der Waals surface area contributed by atoms with E-state index in [-0.39, 0.29) is 6.03 Å². The van der Waals surface area contributed by atoms with Crippen molar-refractivity contribution < 1.29 is 4.79 Å². The minimum atomic E-state index is 0.0593. The molecule has 1 heterocycles. The largest absolute Gasteiger partial charge is 0.330 e. The average Bonchev–Trinajstić information content (AvgIpc) is 2.35. The van der Waals surface area contributed by atoms with Crippen molar-refractivity contribution in [1.29, 1.82) is 0 Å². The third-order valence-electron chi connectivity index (χ3n) is 3.21. The lowest BCUT2D eigenvalue weighted by atomic mass is 10.1. The Hall–Kier alpha value is -1.55. The van der Waals surface area contributed by atoms with Crippen molar-refractivity contribution in [3.8, 4) is 0 Å². The molecule has 4 nitrogen and oxygen atoms in total. The van der Waals surface area contributed by atoms with Crippen LogP contribution >= 0.6 is 0 Å². The van der Waals surface area contributed by atoms with Crippen molar-refractivity contribution >= 4 is 11.7 Å². The van der Waals surface area contributed by atoms with Gasteiger partial charge in [0, 0.05) is 20.1 Å². The number of urea groups is 1. The van der Waals surface area contributed by atoms with Crippen molar-refractivity contribution in [2.45, 2.75) is 13.5 Å². The Morgan fingerprint density at radius 1 is 1.41 bits per heavy atom. The minimum absolute atomic E-state index is 0.0593. The monoisotopic (exact) mass is 233 g/mol. The second-order valence-electron chi connectivity index (χ2n) is 4.69. The summed E-state index contributed by atoms with van der Waals surface area (Å²) in [6.07, 6.45) is 0. The molecule has 4 heteroatoms. The molecule has 2 rings (SSSR count). The topological polar surface area (TPSA) is 49.6 Å². The molecule has 92 valence electrons. The van der Waals surface area contributed by atoms with Gasteiger partial charge in [-0.15, -0.1) is 0 Å². The van der Waals surface area contributed by atoms with Gasteiger partial charge in [-0.05, 0) is 24.1 Å². The number of hydrogen-bond acceptors (Lipinski definition) is 2. The van der Waals surface area contributed by atoms with E-state index in [1.165, 1.54) is 5.56 Å². The zero-order chi connectivity index (χ0) is 12.4. The quantitative estimate of drug-likeness (QED) is 0.863. The molecule has 2 N–H and O–H groups in total. The molecule has 2 amide bonds. The molecule has 0 aromatic heterocycles. The van der Waals surface area contributed by atoms with Gasteiger partial charge in [-0.1, -0.05) is 25.1 Å². The molecule has 0 saturated heterocycles. The molecule has 0 aliphatic carbocycles. The number of rotatable bonds is 3. The van der Waals surface area contributed by atoms with Gasteiger partial charge in [-0.3, -0.25) is 4.90 Å². The molecule has 0 saturated carbocycles. The van der Waals surface area contributed by atoms with Crippen LogP contribution in [0.4, 0.5) is 10.5 Å². The molecule has 0 fully saturated rings. The van der Waals surface area contributed by atoms with Gasteiger partial charge in [0.25, 0.3) is 0 Å². The van der Waals surface area contributed by atoms with Crippen LogP contribution in [-0.4, -0.2) is 31.1 Å². The van der Waals surface area contributed by atoms with E-state index in [4.69, 9.17) is 5.73 Å². The molecule has 1 aromatic carbocycles. The zero-order valence-corrected chi connectivity index (χ0v) is 10.4. The zero-order valence-electron chi connectivity index (χ0n) is 10.4. The van der Waals surface area contributed by atoms with Gasteiger partial charge in [0.15, 0.2) is 0 Å². The lowest BCUT2D eigenvalue weighted by molar-refractivity contribution is 0.191. The number of anilines is 1. The van der Waals surface area contributed by atoms with E-state index in [0.29, 0.717) is 25.6 Å². The van der Waals surface area contributed by atoms with Crippen LogP contribution < -0.4 is 10.6 Å². The van der Waals surface area contributed by atoms with Crippen molar-refractivity contribution in [1.82, 2.24) is 4.90 Å². The first kappa shape index (κ1) is 11.9. The highest BCUT2D eigenvalue weighted by Crippen LogP contribution is 2.27. The summed E-state index contributed by atoms with van der Waals surface area (Å²) in [5.74, 6) is 0.331. The van der Waals surface area contributed by atoms with Crippen molar-refractivity contribution in [2.75, 3.05) is 25.0 Å². The number of hydrogen-bond donors (Lipinski definition) is 1. The molecular weight excluding hydrogens is 214 g/mol. The molecule has 17 heavy (non-hydrogen) atoms. The van der Waals surface area contributed by atoms with Crippen LogP contribution in [-0.2, 0) is 6.54 Å². The maximum Gasteiger partial charge on any atom is 0.324 e. The van der Waals surface area contributed by atoms with Crippen molar-refractivity contribution in [3.63, 3.8) is 0 Å². The van der Waals surface area contributed by atoms with E-state index in [1.807, 2.05) is 30.1 Å². The highest BCUT2D eigenvalue weighted by molar-refractivity contribution is 5.94. The molecule has 0 spiro atoms. The molecule has 0 radical (unpaired) electrons. The van der Waals surface area contributed by atoms with E-state index in [9.17, 15) is 4.79 Å². The summed E-state index contributed by atoms with van der Waals surface area (Å²) in [5.41, 5.74) is 7.81. The van der Waals surface area contributed by atoms with Crippen LogP contribution in [0.1, 0.15) is 12.5 Å². The SMILES string of the molecule is CC(CN)CN1Cc2ccccc2N(C)C1=O. The summed E-state index contributed by atoms with van der Waals surface area (Å²) >= 11 is 0. The van der Waals surface area contributed by atoms with E-state index in [0.717, 1.165) is 5.69 Å². The molecule has 0 bridgehead atoms. The smallest absolute Gasteiger partial charge is 0.324 e. The van der Waals surface area contributed by atoms with Crippen LogP contribution in [0.15, 0.2) is 24.3 Å². The number of benzene rings is 1. The number of amides is 2. The number of fused-ring (bicyclic) bond motifs is 1. The molecule has 1 unspecified atom stereocenters. The summed E-state index contributed by atoms with van der Waals surface area (Å²) in [6.45, 7) is 4.07. The first-order valence-corrected chi connectivity index (χ1v) is 5.94. The summed E-state index contributed by atoms with van der Waals surface area (Å²) < 4.78 is 0. The first-order valence-electron chi connectivity index (χ1n) is 5.94. The van der Waals surface area contributed by atoms with E-state index in [1.54, 1.807) is 4.90 Å². The van der Waals surface area contributed by atoms with Crippen LogP contribution in [0.3, 0.4) is 0 Å². The Morgan fingerprint density at radius 2 is 2.12 bits per heavy atom. The minimum Gasteiger partial charge on any atom is -0.330 e. The summed E-state index contributed by atoms with van der Waals surface area (Å²) in [5, 5.41) is 0. The van der Waals surface area contributed by atoms with Gasteiger partial charge in [0.1, 0.15) is 0 Å². The van der Waals surface area contributed by atoms with Crippen LogP contribution in [0.5, 0.6) is 0 Å². The predicted molar refractivity (Wildman–Crippen MR) is 68.9 cm³/mol. The Bertz CT molecular complexity index is 419. The molecular formula is C13H19N3O. The molecule has 1 aliphatic rings. The fraction of sp³-hybridized carbons (Fsp3) is 0.462. The van der Waals surface area contributed by atoms with Gasteiger partial charge in [0.2, 0.25) is 0 Å². The standard InChI is InChI=1S/C13H19N3O/c1-10(7-14)8-16-9-11-5-3-4-6-12(11)15(2)13(16)17/h3-6,10H,7-9,14H2,1-2H3. The second-order valence-corrected chi connectivity index (χ2v) is 4.69. The number of nitrogens with two attached hydrogens (primary N) is 1. The summed E-state index contributed by atoms with van der Waals surface area (Å²) in [6, 6.07) is 8.08. The molecule has 1 aliphatic heterocycles. The average molecular weight is 233 g/mol. The second kappa shape index (κ2) is 4.75. The highest BCUT2D eigenvalue weighted by Gasteiger charge is 2.27. The number of carbonyl (C=O) groups excluding carboxylic acids is 1. The maximum absolute atomic E-state index is 12.2. The Kier molecular flexibility index (Phi) is 3.33. The third kappa shape index (κ3) is 2.26. The Balaban J connectivity index is 2.22. The lowest BCUT2D eigenvalue weighted by Crippen LogP contribution is -2.47. The number of carbonyl (C=O) groups is 1. The Labute approximate surface area is 102 Å².